The molecule has 0 aromatic heterocycles. The second-order valence-electron chi connectivity index (χ2n) is 5.95. The van der Waals surface area contributed by atoms with Crippen molar-refractivity contribution in [1.29, 1.82) is 0 Å². The van der Waals surface area contributed by atoms with Crippen LogP contribution in [0, 0.1) is 0 Å². The van der Waals surface area contributed by atoms with Gasteiger partial charge in [-0.25, -0.2) is 0 Å². The van der Waals surface area contributed by atoms with E-state index in [2.05, 4.69) is 5.32 Å². The van der Waals surface area contributed by atoms with Gasteiger partial charge in [-0.3, -0.25) is 14.4 Å². The molecule has 0 bridgehead atoms. The molecule has 0 spiro atoms. The molecule has 0 radical (unpaired) electrons. The zero-order valence-corrected chi connectivity index (χ0v) is 19.7. The molecule has 168 valence electrons. The van der Waals surface area contributed by atoms with Crippen molar-refractivity contribution in [3.05, 3.63) is 30.3 Å². The second kappa shape index (κ2) is 14.3. The minimum absolute atomic E-state index is 0.151. The number of rotatable bonds is 17. The summed E-state index contributed by atoms with van der Waals surface area (Å²) in [6, 6.07) is 9.56. The summed E-state index contributed by atoms with van der Waals surface area (Å²) in [6.45, 7) is 8.39. The van der Waals surface area contributed by atoms with Gasteiger partial charge >= 0.3 is 15.2 Å². The third-order valence-electron chi connectivity index (χ3n) is 3.75. The Kier molecular flexibility index (Phi) is 13.0. The highest BCUT2D eigenvalue weighted by Crippen LogP contribution is 2.69. The lowest BCUT2D eigenvalue weighted by molar-refractivity contribution is 0.190. The van der Waals surface area contributed by atoms with Crippen molar-refractivity contribution in [3.8, 4) is 5.75 Å². The van der Waals surface area contributed by atoms with E-state index < -0.39 is 20.7 Å². The summed E-state index contributed by atoms with van der Waals surface area (Å²) in [6.07, 6.45) is 1.47. The largest absolute Gasteiger partial charge is 0.494 e. The molecule has 1 N–H and O–H groups in total. The first-order chi connectivity index (χ1) is 14.0. The first kappa shape index (κ1) is 26.3. The molecule has 0 saturated carbocycles. The summed E-state index contributed by atoms with van der Waals surface area (Å²) in [7, 11) is -7.54. The third kappa shape index (κ3) is 8.89. The van der Waals surface area contributed by atoms with Gasteiger partial charge in [0.1, 0.15) is 5.75 Å². The molecule has 1 aromatic rings. The average Bonchev–Trinajstić information content (AvgIpc) is 2.68. The standard InChI is InChI=1S/C19H35NO7P2/c1-5-24-28(21,25-6-2)19(29(22,26-7-3)27-8-4)20-16-12-13-17-23-18-14-10-9-11-15-18/h9-11,14-15,19-20H,5-8,12-13,16-17H2,1-4H3. The van der Waals surface area contributed by atoms with E-state index >= 15 is 0 Å². The van der Waals surface area contributed by atoms with Gasteiger partial charge in [-0.15, -0.1) is 0 Å². The quantitative estimate of drug-likeness (QED) is 0.254. The van der Waals surface area contributed by atoms with Gasteiger partial charge < -0.3 is 22.8 Å². The molecule has 0 saturated heterocycles. The van der Waals surface area contributed by atoms with Crippen LogP contribution in [0.15, 0.2) is 30.3 Å². The lowest BCUT2D eigenvalue weighted by Crippen LogP contribution is -2.33. The van der Waals surface area contributed by atoms with Crippen LogP contribution in [-0.4, -0.2) is 45.1 Å². The number of ether oxygens (including phenoxy) is 1. The first-order valence-electron chi connectivity index (χ1n) is 10.1. The lowest BCUT2D eigenvalue weighted by atomic mass is 10.3. The van der Waals surface area contributed by atoms with Crippen LogP contribution in [0.25, 0.3) is 0 Å². The molecule has 8 nitrogen and oxygen atoms in total. The van der Waals surface area contributed by atoms with Gasteiger partial charge in [-0.1, -0.05) is 18.2 Å². The fourth-order valence-electron chi connectivity index (χ4n) is 2.64. The highest BCUT2D eigenvalue weighted by molar-refractivity contribution is 7.72. The maximum Gasteiger partial charge on any atom is 0.359 e. The Bertz CT molecular complexity index is 595. The van der Waals surface area contributed by atoms with Gasteiger partial charge in [0.2, 0.25) is 5.52 Å². The van der Waals surface area contributed by atoms with Crippen molar-refractivity contribution >= 4 is 15.2 Å². The number of benzene rings is 1. The van der Waals surface area contributed by atoms with Crippen LogP contribution in [0.2, 0.25) is 0 Å². The number of nitrogens with one attached hydrogen (secondary N) is 1. The van der Waals surface area contributed by atoms with Crippen LogP contribution in [0.5, 0.6) is 5.75 Å². The van der Waals surface area contributed by atoms with Crippen molar-refractivity contribution < 1.29 is 32.0 Å². The highest BCUT2D eigenvalue weighted by atomic mass is 31.2. The molecular formula is C19H35NO7P2. The van der Waals surface area contributed by atoms with Crippen molar-refractivity contribution in [3.63, 3.8) is 0 Å². The van der Waals surface area contributed by atoms with Gasteiger partial charge in [-0.2, -0.15) is 0 Å². The van der Waals surface area contributed by atoms with Gasteiger partial charge in [0.05, 0.1) is 33.0 Å². The van der Waals surface area contributed by atoms with Crippen LogP contribution in [0.1, 0.15) is 40.5 Å². The normalized spacial score (nSPS) is 12.4. The molecule has 29 heavy (non-hydrogen) atoms. The van der Waals surface area contributed by atoms with Crippen LogP contribution in [-0.2, 0) is 27.2 Å². The van der Waals surface area contributed by atoms with E-state index in [0.29, 0.717) is 19.6 Å². The maximum atomic E-state index is 13.4. The van der Waals surface area contributed by atoms with Crippen LogP contribution >= 0.6 is 15.2 Å². The first-order valence-corrected chi connectivity index (χ1v) is 13.4. The maximum absolute atomic E-state index is 13.4. The highest BCUT2D eigenvalue weighted by Gasteiger charge is 2.50. The third-order valence-corrected chi connectivity index (χ3v) is 9.48. The monoisotopic (exact) mass is 451 g/mol. The van der Waals surface area contributed by atoms with Gasteiger partial charge in [-0.05, 0) is 59.2 Å². The molecule has 1 rings (SSSR count). The molecular weight excluding hydrogens is 416 g/mol. The number of hydrogen-bond donors (Lipinski definition) is 1. The SMILES string of the molecule is CCOP(=O)(OCC)C(NCCCCOc1ccccc1)P(=O)(OCC)OCC. The number of para-hydroxylation sites is 1. The van der Waals surface area contributed by atoms with Gasteiger partial charge in [0, 0.05) is 0 Å². The molecule has 0 fully saturated rings. The lowest BCUT2D eigenvalue weighted by Gasteiger charge is -2.31. The van der Waals surface area contributed by atoms with E-state index in [1.54, 1.807) is 27.7 Å². The minimum atomic E-state index is -3.77. The van der Waals surface area contributed by atoms with E-state index in [4.69, 9.17) is 22.8 Å². The molecule has 0 aliphatic heterocycles. The fraction of sp³-hybridized carbons (Fsp3) is 0.684. The molecule has 0 amide bonds. The van der Waals surface area contributed by atoms with E-state index in [9.17, 15) is 9.13 Å². The van der Waals surface area contributed by atoms with E-state index in [1.165, 1.54) is 0 Å². The summed E-state index contributed by atoms with van der Waals surface area (Å²) < 4.78 is 54.1. The van der Waals surface area contributed by atoms with Crippen LogP contribution in [0.4, 0.5) is 0 Å². The van der Waals surface area contributed by atoms with E-state index in [0.717, 1.165) is 12.2 Å². The van der Waals surface area contributed by atoms with E-state index in [-0.39, 0.29) is 26.4 Å². The predicted molar refractivity (Wildman–Crippen MR) is 115 cm³/mol. The molecule has 0 heterocycles. The Morgan fingerprint density at radius 2 is 1.28 bits per heavy atom. The van der Waals surface area contributed by atoms with E-state index in [1.807, 2.05) is 30.3 Å². The van der Waals surface area contributed by atoms with Crippen molar-refractivity contribution in [2.24, 2.45) is 0 Å². The zero-order valence-electron chi connectivity index (χ0n) is 17.9. The summed E-state index contributed by atoms with van der Waals surface area (Å²) >= 11 is 0. The fourth-order valence-corrected chi connectivity index (χ4v) is 7.68. The molecule has 0 unspecified atom stereocenters. The Morgan fingerprint density at radius 3 is 1.72 bits per heavy atom. The van der Waals surface area contributed by atoms with Gasteiger partial charge in [0.25, 0.3) is 0 Å². The van der Waals surface area contributed by atoms with Gasteiger partial charge in [0.15, 0.2) is 0 Å². The summed E-state index contributed by atoms with van der Waals surface area (Å²) in [5, 5.41) is 3.06. The molecule has 10 heteroatoms. The zero-order chi connectivity index (χ0) is 21.6. The second-order valence-corrected chi connectivity index (χ2v) is 10.6. The molecule has 1 aromatic carbocycles. The summed E-state index contributed by atoms with van der Waals surface area (Å²) in [5.41, 5.74) is -1.19. The van der Waals surface area contributed by atoms with Crippen LogP contribution in [0.3, 0.4) is 0 Å². The Balaban J connectivity index is 2.75. The minimum Gasteiger partial charge on any atom is -0.494 e. The Morgan fingerprint density at radius 1 is 0.793 bits per heavy atom. The Hall–Kier alpha value is -0.720. The molecule has 0 aliphatic rings. The van der Waals surface area contributed by atoms with Crippen molar-refractivity contribution in [1.82, 2.24) is 5.32 Å². The van der Waals surface area contributed by atoms with Crippen molar-refractivity contribution in [2.45, 2.75) is 46.1 Å². The summed E-state index contributed by atoms with van der Waals surface area (Å²) in [5.74, 6) is 0.813. The Labute approximate surface area is 174 Å². The summed E-state index contributed by atoms with van der Waals surface area (Å²) in [4.78, 5) is 0. The van der Waals surface area contributed by atoms with Crippen molar-refractivity contribution in [2.75, 3.05) is 39.6 Å². The predicted octanol–water partition coefficient (Wildman–Crippen LogP) is 5.25. The van der Waals surface area contributed by atoms with Crippen LogP contribution < -0.4 is 10.1 Å². The number of unbranched alkanes of at least 4 members (excludes halogenated alkanes) is 1. The average molecular weight is 451 g/mol. The molecule has 0 atom stereocenters. The molecule has 0 aliphatic carbocycles. The number of hydrogen-bond acceptors (Lipinski definition) is 8. The topological polar surface area (TPSA) is 92.3 Å². The smallest absolute Gasteiger partial charge is 0.359 e.